The topological polar surface area (TPSA) is 46.5 Å². The summed E-state index contributed by atoms with van der Waals surface area (Å²) in [5.41, 5.74) is 0. The minimum Gasteiger partial charge on any atom is -0.477 e. The van der Waals surface area contributed by atoms with E-state index < -0.39 is 48.1 Å². The number of halogens is 15. The van der Waals surface area contributed by atoms with E-state index in [9.17, 15) is 70.7 Å². The molecule has 0 aliphatic heterocycles. The Morgan fingerprint density at radius 2 is 0.923 bits per heavy atom. The van der Waals surface area contributed by atoms with E-state index in [4.69, 9.17) is 5.11 Å². The Kier molecular flexibility index (Phi) is 5.58. The van der Waals surface area contributed by atoms with Gasteiger partial charge in [-0.3, -0.25) is 4.74 Å². The van der Waals surface area contributed by atoms with Crippen LogP contribution in [0, 0.1) is 0 Å². The Hall–Kier alpha value is -1.62. The van der Waals surface area contributed by atoms with Gasteiger partial charge in [-0.15, -0.1) is 0 Å². The molecule has 1 atom stereocenters. The van der Waals surface area contributed by atoms with Crippen LogP contribution in [0.3, 0.4) is 0 Å². The van der Waals surface area contributed by atoms with Crippen molar-refractivity contribution in [3.63, 3.8) is 0 Å². The van der Waals surface area contributed by atoms with E-state index >= 15 is 0 Å². The van der Waals surface area contributed by atoms with Gasteiger partial charge in [-0.05, 0) is 0 Å². The molecule has 0 aliphatic carbocycles. The standard InChI is InChI=1S/C8HF15O3/c9-2(1(24)25,6(16,17)18)26-8(22,23)5(14,15)3(10,11)4(12,13)7(19,20)21/h(H,24,25)/t2-/m1/s1. The maximum Gasteiger partial charge on any atom is 0.460 e. The smallest absolute Gasteiger partial charge is 0.460 e. The van der Waals surface area contributed by atoms with Crippen LogP contribution in [0.2, 0.25) is 0 Å². The normalized spacial score (nSPS) is 17.8. The number of ether oxygens (including phenoxy) is 1. The van der Waals surface area contributed by atoms with Crippen molar-refractivity contribution < 1.29 is 80.5 Å². The van der Waals surface area contributed by atoms with Crippen LogP contribution >= 0.6 is 0 Å². The minimum atomic E-state index is -8.20. The van der Waals surface area contributed by atoms with E-state index in [1.54, 1.807) is 0 Å². The van der Waals surface area contributed by atoms with E-state index in [1.807, 2.05) is 0 Å². The van der Waals surface area contributed by atoms with Crippen molar-refractivity contribution in [3.8, 4) is 0 Å². The summed E-state index contributed by atoms with van der Waals surface area (Å²) in [4.78, 5) is 9.96. The minimum absolute atomic E-state index is 1.46. The highest BCUT2D eigenvalue weighted by atomic mass is 19.4. The van der Waals surface area contributed by atoms with E-state index in [0.717, 1.165) is 0 Å². The lowest BCUT2D eigenvalue weighted by Crippen LogP contribution is -2.69. The van der Waals surface area contributed by atoms with E-state index in [0.29, 0.717) is 0 Å². The molecule has 0 aromatic carbocycles. The fraction of sp³-hybridized carbons (Fsp3) is 0.875. The van der Waals surface area contributed by atoms with Gasteiger partial charge in [0.1, 0.15) is 0 Å². The molecule has 0 heterocycles. The molecule has 0 aromatic rings. The second-order valence-electron chi connectivity index (χ2n) is 4.24. The van der Waals surface area contributed by atoms with Crippen molar-refractivity contribution >= 4 is 5.97 Å². The number of carbonyl (C=O) groups is 1. The first-order valence-electron chi connectivity index (χ1n) is 5.17. The summed E-state index contributed by atoms with van der Waals surface area (Å²) in [7, 11) is 0. The molecule has 0 unspecified atom stereocenters. The second kappa shape index (κ2) is 5.95. The summed E-state index contributed by atoms with van der Waals surface area (Å²) in [5.74, 6) is -35.4. The van der Waals surface area contributed by atoms with Crippen LogP contribution in [0.4, 0.5) is 65.9 Å². The zero-order chi connectivity index (χ0) is 21.8. The molecule has 0 saturated carbocycles. The van der Waals surface area contributed by atoms with Crippen molar-refractivity contribution in [2.75, 3.05) is 0 Å². The Morgan fingerprint density at radius 1 is 0.577 bits per heavy atom. The van der Waals surface area contributed by atoms with Crippen LogP contribution in [-0.4, -0.2) is 53.2 Å². The highest BCUT2D eigenvalue weighted by molar-refractivity contribution is 5.76. The fourth-order valence-corrected chi connectivity index (χ4v) is 1.02. The van der Waals surface area contributed by atoms with E-state index in [1.165, 1.54) is 4.74 Å². The van der Waals surface area contributed by atoms with Crippen LogP contribution in [0.25, 0.3) is 0 Å². The first-order chi connectivity index (χ1) is 10.9. The Labute approximate surface area is 130 Å². The molecule has 0 saturated heterocycles. The summed E-state index contributed by atoms with van der Waals surface area (Å²) < 4.78 is 187. The third-order valence-corrected chi connectivity index (χ3v) is 2.42. The lowest BCUT2D eigenvalue weighted by Gasteiger charge is -2.38. The molecule has 0 fully saturated rings. The molecule has 0 spiro atoms. The third-order valence-electron chi connectivity index (χ3n) is 2.42. The molecular formula is C8HF15O3. The van der Waals surface area contributed by atoms with Gasteiger partial charge in [0, 0.05) is 0 Å². The molecule has 26 heavy (non-hydrogen) atoms. The van der Waals surface area contributed by atoms with Crippen LogP contribution in [0.1, 0.15) is 0 Å². The molecule has 0 radical (unpaired) electrons. The number of aliphatic carboxylic acids is 1. The van der Waals surface area contributed by atoms with Gasteiger partial charge in [-0.25, -0.2) is 4.79 Å². The lowest BCUT2D eigenvalue weighted by atomic mass is 10.0. The maximum atomic E-state index is 13.0. The highest BCUT2D eigenvalue weighted by Gasteiger charge is 2.89. The van der Waals surface area contributed by atoms with Gasteiger partial charge in [-0.1, -0.05) is 0 Å². The van der Waals surface area contributed by atoms with Gasteiger partial charge >= 0.3 is 48.1 Å². The van der Waals surface area contributed by atoms with Crippen molar-refractivity contribution in [2.24, 2.45) is 0 Å². The molecule has 18 heteroatoms. The number of hydrogen-bond acceptors (Lipinski definition) is 2. The van der Waals surface area contributed by atoms with Gasteiger partial charge in [0.2, 0.25) is 0 Å². The van der Waals surface area contributed by atoms with Crippen LogP contribution in [0.15, 0.2) is 0 Å². The third kappa shape index (κ3) is 3.34. The van der Waals surface area contributed by atoms with Crippen molar-refractivity contribution in [1.82, 2.24) is 0 Å². The molecule has 0 aromatic heterocycles. The van der Waals surface area contributed by atoms with Gasteiger partial charge < -0.3 is 5.11 Å². The summed E-state index contributed by atoms with van der Waals surface area (Å²) in [6.07, 6.45) is -22.6. The predicted molar refractivity (Wildman–Crippen MR) is 44.5 cm³/mol. The van der Waals surface area contributed by atoms with Gasteiger partial charge in [0.05, 0.1) is 0 Å². The highest BCUT2D eigenvalue weighted by Crippen LogP contribution is 2.58. The van der Waals surface area contributed by atoms with Crippen molar-refractivity contribution in [2.45, 2.75) is 42.1 Å². The molecule has 3 nitrogen and oxygen atoms in total. The number of carboxylic acid groups (broad SMARTS) is 1. The van der Waals surface area contributed by atoms with E-state index in [2.05, 4.69) is 0 Å². The zero-order valence-corrected chi connectivity index (χ0v) is 10.9. The largest absolute Gasteiger partial charge is 0.477 e. The molecule has 0 bridgehead atoms. The summed E-state index contributed by atoms with van der Waals surface area (Å²) in [6, 6.07) is 0. The lowest BCUT2D eigenvalue weighted by molar-refractivity contribution is -0.488. The zero-order valence-electron chi connectivity index (χ0n) is 10.9. The molecule has 1 N–H and O–H groups in total. The molecular weight excluding hydrogens is 429 g/mol. The Balaban J connectivity index is 6.32. The van der Waals surface area contributed by atoms with Gasteiger partial charge in [-0.2, -0.15) is 65.9 Å². The van der Waals surface area contributed by atoms with Crippen LogP contribution in [0.5, 0.6) is 0 Å². The molecule has 0 amide bonds. The van der Waals surface area contributed by atoms with Gasteiger partial charge in [0.25, 0.3) is 0 Å². The van der Waals surface area contributed by atoms with Crippen LogP contribution in [-0.2, 0) is 9.53 Å². The quantitative estimate of drug-likeness (QED) is 0.637. The summed E-state index contributed by atoms with van der Waals surface area (Å²) >= 11 is 0. The average Bonchev–Trinajstić information content (AvgIpc) is 2.34. The average molecular weight is 430 g/mol. The van der Waals surface area contributed by atoms with Crippen LogP contribution < -0.4 is 0 Å². The monoisotopic (exact) mass is 430 g/mol. The maximum absolute atomic E-state index is 13.0. The summed E-state index contributed by atoms with van der Waals surface area (Å²) in [5, 5.41) is 7.78. The number of hydrogen-bond donors (Lipinski definition) is 1. The molecule has 0 rings (SSSR count). The first-order valence-corrected chi connectivity index (χ1v) is 5.17. The second-order valence-corrected chi connectivity index (χ2v) is 4.24. The Morgan fingerprint density at radius 3 is 1.15 bits per heavy atom. The fourth-order valence-electron chi connectivity index (χ4n) is 1.02. The first kappa shape index (κ1) is 24.4. The van der Waals surface area contributed by atoms with Crippen molar-refractivity contribution in [1.29, 1.82) is 0 Å². The van der Waals surface area contributed by atoms with Crippen molar-refractivity contribution in [3.05, 3.63) is 0 Å². The number of rotatable bonds is 6. The van der Waals surface area contributed by atoms with E-state index in [-0.39, 0.29) is 0 Å². The number of alkyl halides is 15. The number of carboxylic acids is 1. The molecule has 156 valence electrons. The Bertz CT molecular complexity index is 546. The predicted octanol–water partition coefficient (Wildman–Crippen LogP) is 4.38. The molecule has 0 aliphatic rings. The van der Waals surface area contributed by atoms with Gasteiger partial charge in [0.15, 0.2) is 0 Å². The SMILES string of the molecule is O=C(O)[C@@](F)(OC(F)(F)C(F)(F)C(F)(F)C(F)(F)C(F)(F)F)C(F)(F)F. The summed E-state index contributed by atoms with van der Waals surface area (Å²) in [6.45, 7) is 0.